The minimum Gasteiger partial charge on any atom is -0.478 e. The van der Waals surface area contributed by atoms with Crippen LogP contribution in [0, 0.1) is 12.7 Å². The molecule has 19 heavy (non-hydrogen) atoms. The molecule has 0 radical (unpaired) electrons. The summed E-state index contributed by atoms with van der Waals surface area (Å²) in [6.07, 6.45) is 1.05. The molecule has 1 amide bonds. The van der Waals surface area contributed by atoms with Crippen LogP contribution in [0.4, 0.5) is 10.1 Å². The van der Waals surface area contributed by atoms with Gasteiger partial charge < -0.3 is 10.4 Å². The van der Waals surface area contributed by atoms with E-state index in [1.54, 1.807) is 6.92 Å². The van der Waals surface area contributed by atoms with Crippen molar-refractivity contribution in [2.45, 2.75) is 6.92 Å². The van der Waals surface area contributed by atoms with Gasteiger partial charge >= 0.3 is 5.97 Å². The Morgan fingerprint density at radius 2 is 2.16 bits per heavy atom. The number of carbonyl (C=O) groups excluding carboxylic acids is 1. The molecule has 7 heteroatoms. The van der Waals surface area contributed by atoms with Gasteiger partial charge in [0.25, 0.3) is 5.91 Å². The number of halogens is 1. The maximum Gasteiger partial charge on any atom is 0.339 e. The van der Waals surface area contributed by atoms with Gasteiger partial charge in [-0.25, -0.2) is 9.18 Å². The fraction of sp³-hybridized carbons (Fsp3) is 0.0833. The topological polar surface area (TPSA) is 95.1 Å². The molecule has 1 aromatic carbocycles. The van der Waals surface area contributed by atoms with E-state index < -0.39 is 11.9 Å². The third kappa shape index (κ3) is 2.59. The molecule has 3 N–H and O–H groups in total. The highest BCUT2D eigenvalue weighted by molar-refractivity contribution is 6.09. The number of carboxylic acid groups (broad SMARTS) is 1. The minimum absolute atomic E-state index is 0.158. The molecule has 0 bridgehead atoms. The molecular formula is C12H10FN3O3. The van der Waals surface area contributed by atoms with Crippen molar-refractivity contribution in [1.29, 1.82) is 0 Å². The van der Waals surface area contributed by atoms with Crippen molar-refractivity contribution >= 4 is 17.6 Å². The van der Waals surface area contributed by atoms with E-state index in [1.807, 2.05) is 0 Å². The second kappa shape index (κ2) is 4.89. The molecule has 1 aromatic heterocycles. The van der Waals surface area contributed by atoms with E-state index >= 15 is 0 Å². The summed E-state index contributed by atoms with van der Waals surface area (Å²) in [6.45, 7) is 1.56. The molecule has 0 aliphatic rings. The smallest absolute Gasteiger partial charge is 0.339 e. The van der Waals surface area contributed by atoms with Gasteiger partial charge in [0, 0.05) is 5.69 Å². The van der Waals surface area contributed by atoms with E-state index in [2.05, 4.69) is 15.5 Å². The molecule has 1 heterocycles. The lowest BCUT2D eigenvalue weighted by molar-refractivity contribution is 0.0692. The summed E-state index contributed by atoms with van der Waals surface area (Å²) in [4.78, 5) is 22.7. The largest absolute Gasteiger partial charge is 0.478 e. The lowest BCUT2D eigenvalue weighted by atomic mass is 10.2. The number of aryl methyl sites for hydroxylation is 1. The van der Waals surface area contributed by atoms with Crippen LogP contribution in [0.2, 0.25) is 0 Å². The third-order valence-electron chi connectivity index (χ3n) is 2.51. The van der Waals surface area contributed by atoms with Gasteiger partial charge in [-0.15, -0.1) is 0 Å². The molecule has 0 unspecified atom stereocenters. The highest BCUT2D eigenvalue weighted by Gasteiger charge is 2.19. The number of aromatic carboxylic acids is 1. The predicted octanol–water partition coefficient (Wildman–Crippen LogP) is 1.81. The number of hydrogen-bond acceptors (Lipinski definition) is 3. The normalized spacial score (nSPS) is 10.2. The van der Waals surface area contributed by atoms with Crippen molar-refractivity contribution in [3.8, 4) is 0 Å². The zero-order chi connectivity index (χ0) is 14.0. The van der Waals surface area contributed by atoms with Crippen molar-refractivity contribution in [3.63, 3.8) is 0 Å². The number of amides is 1. The van der Waals surface area contributed by atoms with E-state index in [-0.39, 0.29) is 17.1 Å². The molecule has 0 atom stereocenters. The summed E-state index contributed by atoms with van der Waals surface area (Å²) in [5, 5.41) is 17.2. The molecule has 0 fully saturated rings. The van der Waals surface area contributed by atoms with Gasteiger partial charge in [0.15, 0.2) is 0 Å². The summed E-state index contributed by atoms with van der Waals surface area (Å²) in [7, 11) is 0. The number of anilines is 1. The zero-order valence-electron chi connectivity index (χ0n) is 9.90. The standard InChI is InChI=1S/C12H10FN3O3/c1-6-4-7(2-3-9(6)13)15-11(17)10-8(12(18)19)5-14-16-10/h2-5H,1H3,(H,14,16)(H,15,17)(H,18,19). The number of benzene rings is 1. The second-order valence-corrected chi connectivity index (χ2v) is 3.88. The zero-order valence-corrected chi connectivity index (χ0v) is 9.90. The molecule has 0 aliphatic heterocycles. The van der Waals surface area contributed by atoms with Gasteiger partial charge in [-0.1, -0.05) is 0 Å². The monoisotopic (exact) mass is 263 g/mol. The van der Waals surface area contributed by atoms with Crippen molar-refractivity contribution in [2.24, 2.45) is 0 Å². The number of carboxylic acids is 1. The van der Waals surface area contributed by atoms with E-state index in [0.717, 1.165) is 6.20 Å². The number of rotatable bonds is 3. The van der Waals surface area contributed by atoms with Crippen LogP contribution in [0.5, 0.6) is 0 Å². The highest BCUT2D eigenvalue weighted by atomic mass is 19.1. The van der Waals surface area contributed by atoms with Crippen LogP contribution in [0.25, 0.3) is 0 Å². The highest BCUT2D eigenvalue weighted by Crippen LogP contribution is 2.15. The van der Waals surface area contributed by atoms with Crippen molar-refractivity contribution < 1.29 is 19.1 Å². The van der Waals surface area contributed by atoms with E-state index in [4.69, 9.17) is 5.11 Å². The number of carbonyl (C=O) groups is 2. The van der Waals surface area contributed by atoms with Crippen LogP contribution < -0.4 is 5.32 Å². The van der Waals surface area contributed by atoms with Gasteiger partial charge in [0.2, 0.25) is 0 Å². The molecule has 0 spiro atoms. The summed E-state index contributed by atoms with van der Waals surface area (Å²) >= 11 is 0. The summed E-state index contributed by atoms with van der Waals surface area (Å²) < 4.78 is 13.1. The Hall–Kier alpha value is -2.70. The molecule has 6 nitrogen and oxygen atoms in total. The van der Waals surface area contributed by atoms with Crippen molar-refractivity contribution in [3.05, 3.63) is 47.0 Å². The quantitative estimate of drug-likeness (QED) is 0.787. The summed E-state index contributed by atoms with van der Waals surface area (Å²) in [5.74, 6) is -2.29. The molecular weight excluding hydrogens is 253 g/mol. The van der Waals surface area contributed by atoms with Gasteiger partial charge in [-0.2, -0.15) is 5.10 Å². The summed E-state index contributed by atoms with van der Waals surface area (Å²) in [5.41, 5.74) is 0.363. The van der Waals surface area contributed by atoms with Gasteiger partial charge in [0.1, 0.15) is 17.1 Å². The molecule has 98 valence electrons. The predicted molar refractivity (Wildman–Crippen MR) is 64.6 cm³/mol. The lowest BCUT2D eigenvalue weighted by Crippen LogP contribution is -2.16. The number of aromatic amines is 1. The lowest BCUT2D eigenvalue weighted by Gasteiger charge is -2.05. The molecule has 0 saturated carbocycles. The van der Waals surface area contributed by atoms with E-state index in [9.17, 15) is 14.0 Å². The van der Waals surface area contributed by atoms with Crippen molar-refractivity contribution in [1.82, 2.24) is 10.2 Å². The number of nitrogens with one attached hydrogen (secondary N) is 2. The Morgan fingerprint density at radius 1 is 1.42 bits per heavy atom. The number of aromatic nitrogens is 2. The number of nitrogens with zero attached hydrogens (tertiary/aromatic N) is 1. The van der Waals surface area contributed by atoms with Crippen LogP contribution >= 0.6 is 0 Å². The first kappa shape index (κ1) is 12.7. The molecule has 2 aromatic rings. The van der Waals surface area contributed by atoms with Crippen LogP contribution in [0.3, 0.4) is 0 Å². The first-order chi connectivity index (χ1) is 8.99. The number of H-pyrrole nitrogens is 1. The second-order valence-electron chi connectivity index (χ2n) is 3.88. The van der Waals surface area contributed by atoms with Gasteiger partial charge in [0.05, 0.1) is 6.20 Å². The minimum atomic E-state index is -1.26. The van der Waals surface area contributed by atoms with Crippen LogP contribution in [0.1, 0.15) is 26.4 Å². The Labute approximate surface area is 107 Å². The maximum atomic E-state index is 13.1. The average Bonchev–Trinajstić information content (AvgIpc) is 2.83. The first-order valence-electron chi connectivity index (χ1n) is 5.33. The van der Waals surface area contributed by atoms with Gasteiger partial charge in [-0.3, -0.25) is 9.89 Å². The van der Waals surface area contributed by atoms with Crippen LogP contribution in [0.15, 0.2) is 24.4 Å². The summed E-state index contributed by atoms with van der Waals surface area (Å²) in [6, 6.07) is 4.05. The number of hydrogen-bond donors (Lipinski definition) is 3. The average molecular weight is 263 g/mol. The molecule has 0 saturated heterocycles. The van der Waals surface area contributed by atoms with Crippen molar-refractivity contribution in [2.75, 3.05) is 5.32 Å². The van der Waals surface area contributed by atoms with Gasteiger partial charge in [-0.05, 0) is 30.7 Å². The Kier molecular flexibility index (Phi) is 3.28. The maximum absolute atomic E-state index is 13.1. The fourth-order valence-electron chi connectivity index (χ4n) is 1.54. The Morgan fingerprint density at radius 3 is 2.79 bits per heavy atom. The first-order valence-corrected chi connectivity index (χ1v) is 5.33. The fourth-order valence-corrected chi connectivity index (χ4v) is 1.54. The van der Waals surface area contributed by atoms with E-state index in [0.29, 0.717) is 11.3 Å². The van der Waals surface area contributed by atoms with E-state index in [1.165, 1.54) is 18.2 Å². The Bertz CT molecular complexity index is 651. The molecule has 0 aliphatic carbocycles. The van der Waals surface area contributed by atoms with Crippen LogP contribution in [-0.2, 0) is 0 Å². The SMILES string of the molecule is Cc1cc(NC(=O)c2[nH]ncc2C(=O)O)ccc1F. The molecule has 2 rings (SSSR count). The van der Waals surface area contributed by atoms with Crippen LogP contribution in [-0.4, -0.2) is 27.2 Å². The Balaban J connectivity index is 2.23. The third-order valence-corrected chi connectivity index (χ3v) is 2.51.